The number of pyridine rings is 1. The molecule has 26 heavy (non-hydrogen) atoms. The van der Waals surface area contributed by atoms with Gasteiger partial charge in [0.15, 0.2) is 0 Å². The Morgan fingerprint density at radius 3 is 2.38 bits per heavy atom. The molecule has 0 radical (unpaired) electrons. The van der Waals surface area contributed by atoms with Crippen LogP contribution < -0.4 is 5.56 Å². The minimum atomic E-state index is -0.0185. The topological polar surface area (TPSA) is 39.8 Å². The molecule has 2 aromatic heterocycles. The van der Waals surface area contributed by atoms with Gasteiger partial charge in [-0.15, -0.1) is 0 Å². The summed E-state index contributed by atoms with van der Waals surface area (Å²) in [5.41, 5.74) is 4.71. The van der Waals surface area contributed by atoms with E-state index >= 15 is 0 Å². The van der Waals surface area contributed by atoms with Crippen molar-refractivity contribution in [2.75, 3.05) is 0 Å². The zero-order valence-electron chi connectivity index (χ0n) is 14.6. The summed E-state index contributed by atoms with van der Waals surface area (Å²) in [6, 6.07) is 19.7. The fourth-order valence-electron chi connectivity index (χ4n) is 3.34. The molecule has 2 aromatic carbocycles. The van der Waals surface area contributed by atoms with Crippen molar-refractivity contribution in [1.82, 2.24) is 14.3 Å². The van der Waals surface area contributed by atoms with Gasteiger partial charge >= 0.3 is 0 Å². The van der Waals surface area contributed by atoms with Crippen molar-refractivity contribution in [1.29, 1.82) is 0 Å². The highest BCUT2D eigenvalue weighted by atomic mass is 79.9. The average molecular weight is 408 g/mol. The van der Waals surface area contributed by atoms with Crippen molar-refractivity contribution >= 4 is 27.0 Å². The number of aryl methyl sites for hydroxylation is 2. The summed E-state index contributed by atoms with van der Waals surface area (Å²) in [6.45, 7) is 4.46. The third-order valence-electron chi connectivity index (χ3n) is 4.55. The van der Waals surface area contributed by atoms with Crippen LogP contribution in [0, 0.1) is 13.8 Å². The highest BCUT2D eigenvalue weighted by molar-refractivity contribution is 9.10. The highest BCUT2D eigenvalue weighted by Gasteiger charge is 2.17. The Kier molecular flexibility index (Phi) is 4.24. The van der Waals surface area contributed by atoms with E-state index in [0.717, 1.165) is 38.0 Å². The molecule has 4 nitrogen and oxygen atoms in total. The van der Waals surface area contributed by atoms with Crippen LogP contribution in [-0.2, 0) is 6.54 Å². The van der Waals surface area contributed by atoms with Crippen LogP contribution in [0.15, 0.2) is 69.9 Å². The summed E-state index contributed by atoms with van der Waals surface area (Å²) in [7, 11) is 0. The van der Waals surface area contributed by atoms with Gasteiger partial charge in [-0.3, -0.25) is 9.36 Å². The lowest BCUT2D eigenvalue weighted by Crippen LogP contribution is -2.22. The molecule has 0 saturated carbocycles. The molecule has 0 bridgehead atoms. The van der Waals surface area contributed by atoms with Gasteiger partial charge in [0, 0.05) is 15.9 Å². The number of hydrogen-bond acceptors (Lipinski definition) is 2. The van der Waals surface area contributed by atoms with Gasteiger partial charge in [-0.25, -0.2) is 4.68 Å². The van der Waals surface area contributed by atoms with Gasteiger partial charge in [0.25, 0.3) is 5.56 Å². The second-order valence-corrected chi connectivity index (χ2v) is 7.33. The van der Waals surface area contributed by atoms with E-state index in [1.807, 2.05) is 73.1 Å². The zero-order valence-corrected chi connectivity index (χ0v) is 16.2. The molecule has 0 aliphatic carbocycles. The Bertz CT molecular complexity index is 1140. The smallest absolute Gasteiger partial charge is 0.252 e. The molecule has 130 valence electrons. The van der Waals surface area contributed by atoms with Crippen molar-refractivity contribution in [3.05, 3.63) is 92.3 Å². The van der Waals surface area contributed by atoms with Crippen LogP contribution >= 0.6 is 15.9 Å². The normalized spacial score (nSPS) is 11.2. The Balaban J connectivity index is 2.00. The molecule has 2 heterocycles. The Morgan fingerprint density at radius 1 is 1.00 bits per heavy atom. The SMILES string of the molecule is Cc1cc(=O)n(Cc2ccc(Br)cc2)c2c1c(C)nn2-c1ccccc1. The molecule has 0 fully saturated rings. The van der Waals surface area contributed by atoms with Crippen LogP contribution in [0.4, 0.5) is 0 Å². The number of para-hydroxylation sites is 1. The quantitative estimate of drug-likeness (QED) is 0.497. The minimum Gasteiger partial charge on any atom is -0.288 e. The van der Waals surface area contributed by atoms with E-state index in [-0.39, 0.29) is 5.56 Å². The first-order valence-electron chi connectivity index (χ1n) is 8.44. The van der Waals surface area contributed by atoms with Gasteiger partial charge in [-0.05, 0) is 49.2 Å². The molecule has 0 aliphatic rings. The molecule has 0 amide bonds. The van der Waals surface area contributed by atoms with Crippen LogP contribution in [0.5, 0.6) is 0 Å². The molecule has 5 heteroatoms. The number of benzene rings is 2. The molecule has 0 spiro atoms. The van der Waals surface area contributed by atoms with Crippen LogP contribution in [0.2, 0.25) is 0 Å². The van der Waals surface area contributed by atoms with Gasteiger partial charge in [-0.2, -0.15) is 5.10 Å². The molecule has 0 atom stereocenters. The third-order valence-corrected chi connectivity index (χ3v) is 5.08. The number of aromatic nitrogens is 3. The number of halogens is 1. The maximum absolute atomic E-state index is 12.8. The zero-order chi connectivity index (χ0) is 18.3. The first-order valence-corrected chi connectivity index (χ1v) is 9.23. The standard InChI is InChI=1S/C21H18BrN3O/c1-14-12-19(26)24(13-16-8-10-17(22)11-9-16)21-20(14)15(2)23-25(21)18-6-4-3-5-7-18/h3-12H,13H2,1-2H3. The Labute approximate surface area is 159 Å². The molecular formula is C21H18BrN3O. The summed E-state index contributed by atoms with van der Waals surface area (Å²) in [4.78, 5) is 12.8. The van der Waals surface area contributed by atoms with Crippen molar-refractivity contribution in [2.45, 2.75) is 20.4 Å². The lowest BCUT2D eigenvalue weighted by Gasteiger charge is -2.12. The van der Waals surface area contributed by atoms with E-state index in [0.29, 0.717) is 6.54 Å². The van der Waals surface area contributed by atoms with Crippen molar-refractivity contribution in [3.63, 3.8) is 0 Å². The molecule has 0 N–H and O–H groups in total. The van der Waals surface area contributed by atoms with Crippen molar-refractivity contribution in [3.8, 4) is 5.69 Å². The van der Waals surface area contributed by atoms with Crippen LogP contribution in [0.3, 0.4) is 0 Å². The summed E-state index contributed by atoms with van der Waals surface area (Å²) >= 11 is 3.46. The maximum atomic E-state index is 12.8. The summed E-state index contributed by atoms with van der Waals surface area (Å²) in [5, 5.41) is 5.76. The predicted octanol–water partition coefficient (Wildman–Crippen LogP) is 4.61. The molecule has 0 unspecified atom stereocenters. The molecular weight excluding hydrogens is 390 g/mol. The fraction of sp³-hybridized carbons (Fsp3) is 0.143. The van der Waals surface area contributed by atoms with Gasteiger partial charge in [0.2, 0.25) is 0 Å². The lowest BCUT2D eigenvalue weighted by atomic mass is 10.1. The summed E-state index contributed by atoms with van der Waals surface area (Å²) in [6.07, 6.45) is 0. The monoisotopic (exact) mass is 407 g/mol. The Morgan fingerprint density at radius 2 is 1.69 bits per heavy atom. The number of fused-ring (bicyclic) bond motifs is 1. The van der Waals surface area contributed by atoms with Crippen LogP contribution in [-0.4, -0.2) is 14.3 Å². The molecule has 0 saturated heterocycles. The molecule has 4 aromatic rings. The Hall–Kier alpha value is -2.66. The van der Waals surface area contributed by atoms with E-state index < -0.39 is 0 Å². The van der Waals surface area contributed by atoms with Crippen molar-refractivity contribution < 1.29 is 0 Å². The van der Waals surface area contributed by atoms with Gasteiger partial charge in [-0.1, -0.05) is 46.3 Å². The highest BCUT2D eigenvalue weighted by Crippen LogP contribution is 2.24. The van der Waals surface area contributed by atoms with Gasteiger partial charge in [0.1, 0.15) is 5.65 Å². The lowest BCUT2D eigenvalue weighted by molar-refractivity contribution is 0.750. The fourth-order valence-corrected chi connectivity index (χ4v) is 3.60. The first-order chi connectivity index (χ1) is 12.5. The summed E-state index contributed by atoms with van der Waals surface area (Å²) < 4.78 is 4.70. The summed E-state index contributed by atoms with van der Waals surface area (Å²) in [5.74, 6) is 0. The number of rotatable bonds is 3. The molecule has 4 rings (SSSR count). The average Bonchev–Trinajstić information content (AvgIpc) is 2.99. The van der Waals surface area contributed by atoms with Crippen LogP contribution in [0.25, 0.3) is 16.7 Å². The minimum absolute atomic E-state index is 0.0185. The van der Waals surface area contributed by atoms with E-state index in [9.17, 15) is 4.79 Å². The van der Waals surface area contributed by atoms with Gasteiger partial charge < -0.3 is 0 Å². The second-order valence-electron chi connectivity index (χ2n) is 6.41. The van der Waals surface area contributed by atoms with E-state index in [1.165, 1.54) is 0 Å². The van der Waals surface area contributed by atoms with Crippen LogP contribution in [0.1, 0.15) is 16.8 Å². The first kappa shape index (κ1) is 16.8. The number of nitrogens with zero attached hydrogens (tertiary/aromatic N) is 3. The number of hydrogen-bond donors (Lipinski definition) is 0. The molecule has 0 aliphatic heterocycles. The predicted molar refractivity (Wildman–Crippen MR) is 108 cm³/mol. The largest absolute Gasteiger partial charge is 0.288 e. The van der Waals surface area contributed by atoms with E-state index in [2.05, 4.69) is 15.9 Å². The van der Waals surface area contributed by atoms with E-state index in [1.54, 1.807) is 10.6 Å². The third kappa shape index (κ3) is 2.88. The maximum Gasteiger partial charge on any atom is 0.252 e. The second kappa shape index (κ2) is 6.57. The van der Waals surface area contributed by atoms with E-state index in [4.69, 9.17) is 5.10 Å². The van der Waals surface area contributed by atoms with Crippen molar-refractivity contribution in [2.24, 2.45) is 0 Å². The van der Waals surface area contributed by atoms with Gasteiger partial charge in [0.05, 0.1) is 17.9 Å².